The highest BCUT2D eigenvalue weighted by atomic mass is 32.3. The zero-order valence-electron chi connectivity index (χ0n) is 24.9. The number of aromatic nitrogens is 3. The normalized spacial score (nSPS) is 20.4. The van der Waals surface area contributed by atoms with Crippen molar-refractivity contribution in [3.63, 3.8) is 0 Å². The monoisotopic (exact) mass is 525 g/mol. The van der Waals surface area contributed by atoms with Gasteiger partial charge in [-0.15, -0.1) is 0 Å². The van der Waals surface area contributed by atoms with Crippen LogP contribution in [0.15, 0.2) is 76.8 Å². The molecule has 2 aromatic carbocycles. The Bertz CT molecular complexity index is 977. The van der Waals surface area contributed by atoms with Crippen molar-refractivity contribution in [2.24, 2.45) is 11.8 Å². The number of rotatable bonds is 5. The second kappa shape index (κ2) is 14.2. The summed E-state index contributed by atoms with van der Waals surface area (Å²) in [6.45, 7) is 21.1. The maximum absolute atomic E-state index is 7.12. The summed E-state index contributed by atoms with van der Waals surface area (Å²) in [6.07, 6.45) is 6.13. The molecule has 0 N–H and O–H groups in total. The van der Waals surface area contributed by atoms with Crippen molar-refractivity contribution in [1.29, 1.82) is 0 Å². The summed E-state index contributed by atoms with van der Waals surface area (Å²) in [5.41, 5.74) is 0. The molecule has 3 aromatic rings. The second-order valence-corrected chi connectivity index (χ2v) is 14.1. The minimum absolute atomic E-state index is 0.0441. The highest BCUT2D eigenvalue weighted by Crippen LogP contribution is 2.73. The van der Waals surface area contributed by atoms with Crippen LogP contribution in [-0.4, -0.2) is 25.6 Å². The molecule has 2 aliphatic rings. The first-order valence-corrected chi connectivity index (χ1v) is 15.8. The van der Waals surface area contributed by atoms with E-state index >= 15 is 0 Å². The molecule has 0 bridgehead atoms. The minimum Gasteiger partial charge on any atom is -0.324 e. The third-order valence-corrected chi connectivity index (χ3v) is 10.8. The molecule has 206 valence electrons. The van der Waals surface area contributed by atoms with Crippen LogP contribution in [0.1, 0.15) is 93.4 Å². The third-order valence-electron chi connectivity index (χ3n) is 6.65. The lowest BCUT2D eigenvalue weighted by molar-refractivity contribution is 0.214. The standard InChI is InChI=1S/C22H28OS.C6H11N3.2C2H6/c1-22(2,3)24(20-10-6-4-7-11-20,21-12-8-5-9-13-21)23-19-15-17-14-18(17)16-19;1-5(2)9-4-7-6(3)8-9;2*1-2/h4-13,17-19H,14-16H2,1-3H3;4-5H,1-3H3;2*1-2H3/t17-,18+,19?;;;. The topological polar surface area (TPSA) is 39.9 Å². The Balaban J connectivity index is 0.000000311. The Morgan fingerprint density at radius 3 is 1.59 bits per heavy atom. The van der Waals surface area contributed by atoms with E-state index in [-0.39, 0.29) is 4.75 Å². The largest absolute Gasteiger partial charge is 0.324 e. The Morgan fingerprint density at radius 1 is 0.811 bits per heavy atom. The average Bonchev–Trinajstić information content (AvgIpc) is 3.28. The van der Waals surface area contributed by atoms with Gasteiger partial charge in [0.25, 0.3) is 0 Å². The summed E-state index contributed by atoms with van der Waals surface area (Å²) in [5.74, 6) is 2.72. The molecule has 2 aliphatic carbocycles. The highest BCUT2D eigenvalue weighted by molar-refractivity contribution is 8.31. The van der Waals surface area contributed by atoms with Gasteiger partial charge in [0.15, 0.2) is 0 Å². The maximum atomic E-state index is 7.12. The van der Waals surface area contributed by atoms with Crippen molar-refractivity contribution in [3.05, 3.63) is 72.8 Å². The molecule has 0 amide bonds. The summed E-state index contributed by atoms with van der Waals surface area (Å²) in [6, 6.07) is 22.3. The van der Waals surface area contributed by atoms with Crippen LogP contribution >= 0.6 is 10.3 Å². The summed E-state index contributed by atoms with van der Waals surface area (Å²) < 4.78 is 9.01. The van der Waals surface area contributed by atoms with Gasteiger partial charge in [0, 0.05) is 20.6 Å². The van der Waals surface area contributed by atoms with E-state index in [0.717, 1.165) is 17.7 Å². The van der Waals surface area contributed by atoms with Crippen LogP contribution in [0.4, 0.5) is 0 Å². The molecular formula is C32H51N3OS. The van der Waals surface area contributed by atoms with Crippen molar-refractivity contribution in [3.8, 4) is 0 Å². The van der Waals surface area contributed by atoms with Gasteiger partial charge in [0.2, 0.25) is 0 Å². The van der Waals surface area contributed by atoms with E-state index in [1.54, 1.807) is 6.33 Å². The Kier molecular flexibility index (Phi) is 11.9. The van der Waals surface area contributed by atoms with Gasteiger partial charge in [-0.3, -0.25) is 4.68 Å². The van der Waals surface area contributed by atoms with Crippen molar-refractivity contribution in [2.45, 2.75) is 115 Å². The Morgan fingerprint density at radius 2 is 1.27 bits per heavy atom. The van der Waals surface area contributed by atoms with Crippen molar-refractivity contribution < 1.29 is 4.18 Å². The first-order valence-electron chi connectivity index (χ1n) is 14.2. The predicted molar refractivity (Wildman–Crippen MR) is 160 cm³/mol. The van der Waals surface area contributed by atoms with Gasteiger partial charge in [-0.2, -0.15) is 5.10 Å². The van der Waals surface area contributed by atoms with Gasteiger partial charge in [-0.25, -0.2) is 4.98 Å². The second-order valence-electron chi connectivity index (χ2n) is 10.6. The van der Waals surface area contributed by atoms with E-state index in [0.29, 0.717) is 12.1 Å². The van der Waals surface area contributed by atoms with E-state index in [1.807, 2.05) is 39.3 Å². The van der Waals surface area contributed by atoms with Crippen molar-refractivity contribution in [2.75, 3.05) is 0 Å². The van der Waals surface area contributed by atoms with Crippen LogP contribution in [0.25, 0.3) is 0 Å². The molecule has 5 rings (SSSR count). The van der Waals surface area contributed by atoms with E-state index in [4.69, 9.17) is 4.18 Å². The number of benzene rings is 2. The summed E-state index contributed by atoms with van der Waals surface area (Å²) in [5, 5.41) is 4.12. The summed E-state index contributed by atoms with van der Waals surface area (Å²) in [4.78, 5) is 6.69. The van der Waals surface area contributed by atoms with Crippen LogP contribution < -0.4 is 0 Å². The molecule has 37 heavy (non-hydrogen) atoms. The summed E-state index contributed by atoms with van der Waals surface area (Å²) >= 11 is 0. The fourth-order valence-corrected chi connectivity index (χ4v) is 8.72. The van der Waals surface area contributed by atoms with Crippen LogP contribution in [0.3, 0.4) is 0 Å². The average molecular weight is 526 g/mol. The molecule has 0 radical (unpaired) electrons. The minimum atomic E-state index is -1.56. The van der Waals surface area contributed by atoms with E-state index in [9.17, 15) is 0 Å². The predicted octanol–water partition coefficient (Wildman–Crippen LogP) is 9.66. The van der Waals surface area contributed by atoms with E-state index in [1.165, 1.54) is 29.1 Å². The molecule has 0 saturated heterocycles. The van der Waals surface area contributed by atoms with E-state index in [2.05, 4.69) is 105 Å². The molecule has 3 atom stereocenters. The zero-order valence-corrected chi connectivity index (χ0v) is 25.8. The summed E-state index contributed by atoms with van der Waals surface area (Å²) in [7, 11) is -1.56. The number of nitrogens with zero attached hydrogens (tertiary/aromatic N) is 3. The van der Waals surface area contributed by atoms with Gasteiger partial charge < -0.3 is 4.18 Å². The molecule has 0 spiro atoms. The maximum Gasteiger partial charge on any atom is 0.147 e. The SMILES string of the molecule is CC.CC.CC(C)(C)S(OC1C[C@@H]2C[C@@H]2C1)(c1ccccc1)c1ccccc1.Cc1ncn(C(C)C)n1. The Labute approximate surface area is 228 Å². The smallest absolute Gasteiger partial charge is 0.147 e. The zero-order chi connectivity index (χ0) is 27.6. The van der Waals surface area contributed by atoms with Gasteiger partial charge in [0.05, 0.1) is 6.10 Å². The lowest BCUT2D eigenvalue weighted by atomic mass is 10.2. The molecule has 1 unspecified atom stereocenters. The fraction of sp³-hybridized carbons (Fsp3) is 0.562. The number of hydrogen-bond donors (Lipinski definition) is 0. The van der Waals surface area contributed by atoms with Gasteiger partial charge >= 0.3 is 0 Å². The lowest BCUT2D eigenvalue weighted by Gasteiger charge is -2.51. The van der Waals surface area contributed by atoms with Crippen LogP contribution in [0.2, 0.25) is 0 Å². The van der Waals surface area contributed by atoms with Crippen LogP contribution in [0, 0.1) is 18.8 Å². The number of fused-ring (bicyclic) bond motifs is 1. The molecule has 2 fully saturated rings. The molecule has 1 aromatic heterocycles. The van der Waals surface area contributed by atoms with Gasteiger partial charge in [-0.1, -0.05) is 74.4 Å². The molecule has 0 aliphatic heterocycles. The highest BCUT2D eigenvalue weighted by Gasteiger charge is 2.50. The molecule has 1 heterocycles. The van der Waals surface area contributed by atoms with Crippen LogP contribution in [-0.2, 0) is 4.18 Å². The van der Waals surface area contributed by atoms with E-state index < -0.39 is 10.3 Å². The molecule has 4 nitrogen and oxygen atoms in total. The quantitative estimate of drug-likeness (QED) is 0.333. The number of aryl methyl sites for hydroxylation is 1. The number of hydrogen-bond acceptors (Lipinski definition) is 3. The molecule has 2 saturated carbocycles. The molecular weight excluding hydrogens is 474 g/mol. The van der Waals surface area contributed by atoms with Gasteiger partial charge in [-0.05, 0) is 96.9 Å². The van der Waals surface area contributed by atoms with Crippen molar-refractivity contribution >= 4 is 10.3 Å². The Hall–Kier alpha value is -2.11. The van der Waals surface area contributed by atoms with Crippen molar-refractivity contribution in [1.82, 2.24) is 14.8 Å². The lowest BCUT2D eigenvalue weighted by Crippen LogP contribution is -2.30. The first kappa shape index (κ1) is 31.1. The van der Waals surface area contributed by atoms with Crippen LogP contribution in [0.5, 0.6) is 0 Å². The molecule has 5 heteroatoms. The third kappa shape index (κ3) is 7.70. The van der Waals surface area contributed by atoms with Gasteiger partial charge in [0.1, 0.15) is 12.2 Å². The fourth-order valence-electron chi connectivity index (χ4n) is 4.88. The first-order chi connectivity index (χ1) is 17.7.